The minimum atomic E-state index is -0.0747. The Morgan fingerprint density at radius 2 is 1.21 bits per heavy atom. The largest absolute Gasteiger partial charge is 0.309 e. The average Bonchev–Trinajstić information content (AvgIpc) is 3.56. The lowest BCUT2D eigenvalue weighted by atomic mass is 9.82. The van der Waals surface area contributed by atoms with Gasteiger partial charge in [0.05, 0.1) is 11.0 Å². The topological polar surface area (TPSA) is 69.4 Å². The third kappa shape index (κ3) is 4.54. The summed E-state index contributed by atoms with van der Waals surface area (Å²) < 4.78 is 2.39. The molecule has 47 heavy (non-hydrogen) atoms. The monoisotopic (exact) mass is 624 g/mol. The SMILES string of the molecule is CC1(C)c2ccccc2-c2cc3c4ccccc4n(-c4ccc(Sc5nc(-c6ccccn6)nc(-c6ccccn6)n5)cc4)c3cc21. The Morgan fingerprint density at radius 1 is 0.553 bits per heavy atom. The van der Waals surface area contributed by atoms with Crippen molar-refractivity contribution < 1.29 is 0 Å². The third-order valence-electron chi connectivity index (χ3n) is 9.08. The van der Waals surface area contributed by atoms with E-state index in [9.17, 15) is 0 Å². The first-order valence-electron chi connectivity index (χ1n) is 15.6. The van der Waals surface area contributed by atoms with E-state index in [1.807, 2.05) is 36.4 Å². The molecule has 0 unspecified atom stereocenters. The Bertz CT molecular complexity index is 2400. The van der Waals surface area contributed by atoms with Crippen molar-refractivity contribution in [3.8, 4) is 39.9 Å². The van der Waals surface area contributed by atoms with Gasteiger partial charge in [-0.05, 0) is 101 Å². The Kier molecular flexibility index (Phi) is 6.30. The number of rotatable bonds is 5. The Hall–Kier alpha value is -5.66. The van der Waals surface area contributed by atoms with Gasteiger partial charge in [0.25, 0.3) is 0 Å². The molecule has 7 heteroatoms. The van der Waals surface area contributed by atoms with Crippen LogP contribution in [0.3, 0.4) is 0 Å². The Balaban J connectivity index is 1.13. The number of benzene rings is 4. The molecule has 0 saturated carbocycles. The number of para-hydroxylation sites is 1. The van der Waals surface area contributed by atoms with E-state index in [2.05, 4.69) is 113 Å². The van der Waals surface area contributed by atoms with Crippen LogP contribution in [0.15, 0.2) is 144 Å². The van der Waals surface area contributed by atoms with Crippen molar-refractivity contribution in [2.45, 2.75) is 29.3 Å². The van der Waals surface area contributed by atoms with Crippen LogP contribution in [0.4, 0.5) is 0 Å². The summed E-state index contributed by atoms with van der Waals surface area (Å²) in [6, 6.07) is 42.4. The summed E-state index contributed by atoms with van der Waals surface area (Å²) in [5, 5.41) is 3.10. The fraction of sp³-hybridized carbons (Fsp3) is 0.0750. The van der Waals surface area contributed by atoms with Crippen molar-refractivity contribution in [3.63, 3.8) is 0 Å². The first kappa shape index (κ1) is 27.6. The van der Waals surface area contributed by atoms with Gasteiger partial charge in [-0.3, -0.25) is 9.97 Å². The molecule has 4 heterocycles. The molecule has 0 N–H and O–H groups in total. The molecule has 0 amide bonds. The van der Waals surface area contributed by atoms with Gasteiger partial charge in [0.1, 0.15) is 11.4 Å². The van der Waals surface area contributed by atoms with Crippen LogP contribution in [0.25, 0.3) is 61.7 Å². The van der Waals surface area contributed by atoms with E-state index in [0.717, 1.165) is 10.6 Å². The van der Waals surface area contributed by atoms with Crippen molar-refractivity contribution in [1.82, 2.24) is 29.5 Å². The number of fused-ring (bicyclic) bond motifs is 6. The maximum Gasteiger partial charge on any atom is 0.196 e. The number of hydrogen-bond donors (Lipinski definition) is 0. The van der Waals surface area contributed by atoms with Gasteiger partial charge in [0, 0.05) is 39.2 Å². The maximum absolute atomic E-state index is 4.79. The predicted molar refractivity (Wildman–Crippen MR) is 189 cm³/mol. The summed E-state index contributed by atoms with van der Waals surface area (Å²) in [6.45, 7) is 4.67. The van der Waals surface area contributed by atoms with E-state index >= 15 is 0 Å². The Labute approximate surface area is 276 Å². The summed E-state index contributed by atoms with van der Waals surface area (Å²) in [7, 11) is 0. The van der Waals surface area contributed by atoms with E-state index in [0.29, 0.717) is 28.2 Å². The lowest BCUT2D eigenvalue weighted by Gasteiger charge is -2.21. The standard InChI is InChI=1S/C40H28N6S/c1-40(2)31-13-5-3-11-27(31)29-23-30-28-12-4-6-16-35(28)46(36(30)24-32(29)40)25-17-19-26(20-18-25)47-39-44-37(33-14-7-9-21-41-33)43-38(45-39)34-15-8-10-22-42-34/h3-24H,1-2H3. The highest BCUT2D eigenvalue weighted by Crippen LogP contribution is 2.51. The molecule has 0 spiro atoms. The van der Waals surface area contributed by atoms with Gasteiger partial charge in [-0.25, -0.2) is 15.0 Å². The number of pyridine rings is 2. The van der Waals surface area contributed by atoms with Crippen LogP contribution >= 0.6 is 11.8 Å². The molecule has 0 aliphatic heterocycles. The average molecular weight is 625 g/mol. The van der Waals surface area contributed by atoms with E-state index in [-0.39, 0.29) is 5.41 Å². The van der Waals surface area contributed by atoms with E-state index in [1.54, 1.807) is 12.4 Å². The maximum atomic E-state index is 4.79. The molecule has 4 aromatic heterocycles. The third-order valence-corrected chi connectivity index (χ3v) is 9.96. The number of nitrogens with zero attached hydrogens (tertiary/aromatic N) is 6. The Morgan fingerprint density at radius 3 is 1.91 bits per heavy atom. The van der Waals surface area contributed by atoms with Gasteiger partial charge in [0.15, 0.2) is 16.8 Å². The van der Waals surface area contributed by atoms with Crippen LogP contribution < -0.4 is 0 Å². The second-order valence-electron chi connectivity index (χ2n) is 12.2. The number of aromatic nitrogens is 6. The van der Waals surface area contributed by atoms with Crippen LogP contribution in [0.2, 0.25) is 0 Å². The lowest BCUT2D eigenvalue weighted by Crippen LogP contribution is -2.14. The molecule has 0 atom stereocenters. The van der Waals surface area contributed by atoms with Gasteiger partial charge in [-0.15, -0.1) is 0 Å². The zero-order valence-corrected chi connectivity index (χ0v) is 26.6. The van der Waals surface area contributed by atoms with E-state index in [1.165, 1.54) is 55.8 Å². The fourth-order valence-electron chi connectivity index (χ4n) is 6.83. The summed E-state index contributed by atoms with van der Waals surface area (Å²) in [5.41, 5.74) is 10.2. The van der Waals surface area contributed by atoms with E-state index in [4.69, 9.17) is 15.0 Å². The van der Waals surface area contributed by atoms with Crippen LogP contribution in [-0.4, -0.2) is 29.5 Å². The molecule has 8 aromatic rings. The smallest absolute Gasteiger partial charge is 0.196 e. The summed E-state index contributed by atoms with van der Waals surface area (Å²) in [4.78, 5) is 24.3. The fourth-order valence-corrected chi connectivity index (χ4v) is 7.58. The first-order chi connectivity index (χ1) is 23.0. The van der Waals surface area contributed by atoms with Crippen LogP contribution in [-0.2, 0) is 5.41 Å². The molecular formula is C40H28N6S. The first-order valence-corrected chi connectivity index (χ1v) is 16.4. The highest BCUT2D eigenvalue weighted by molar-refractivity contribution is 7.99. The van der Waals surface area contributed by atoms with Gasteiger partial charge in [-0.2, -0.15) is 0 Å². The molecule has 9 rings (SSSR count). The molecule has 1 aliphatic rings. The molecule has 0 fully saturated rings. The highest BCUT2D eigenvalue weighted by Gasteiger charge is 2.36. The van der Waals surface area contributed by atoms with Crippen molar-refractivity contribution in [1.29, 1.82) is 0 Å². The van der Waals surface area contributed by atoms with Crippen molar-refractivity contribution >= 4 is 33.6 Å². The van der Waals surface area contributed by atoms with Gasteiger partial charge in [-0.1, -0.05) is 68.4 Å². The highest BCUT2D eigenvalue weighted by atomic mass is 32.2. The molecule has 4 aromatic carbocycles. The molecule has 224 valence electrons. The van der Waals surface area contributed by atoms with Crippen molar-refractivity contribution in [2.24, 2.45) is 0 Å². The molecule has 0 radical (unpaired) electrons. The van der Waals surface area contributed by atoms with Crippen molar-refractivity contribution in [2.75, 3.05) is 0 Å². The second kappa shape index (κ2) is 10.7. The molecule has 6 nitrogen and oxygen atoms in total. The van der Waals surface area contributed by atoms with Crippen LogP contribution in [0.5, 0.6) is 0 Å². The number of hydrogen-bond acceptors (Lipinski definition) is 6. The lowest BCUT2D eigenvalue weighted by molar-refractivity contribution is 0.661. The summed E-state index contributed by atoms with van der Waals surface area (Å²) >= 11 is 1.50. The van der Waals surface area contributed by atoms with Crippen LogP contribution in [0, 0.1) is 0 Å². The quantitative estimate of drug-likeness (QED) is 0.190. The minimum Gasteiger partial charge on any atom is -0.309 e. The predicted octanol–water partition coefficient (Wildman–Crippen LogP) is 9.55. The molecule has 1 aliphatic carbocycles. The summed E-state index contributed by atoms with van der Waals surface area (Å²) in [6.07, 6.45) is 3.49. The van der Waals surface area contributed by atoms with Gasteiger partial charge >= 0.3 is 0 Å². The van der Waals surface area contributed by atoms with Crippen molar-refractivity contribution in [3.05, 3.63) is 145 Å². The van der Waals surface area contributed by atoms with Gasteiger partial charge < -0.3 is 4.57 Å². The van der Waals surface area contributed by atoms with Crippen LogP contribution in [0.1, 0.15) is 25.0 Å². The second-order valence-corrected chi connectivity index (χ2v) is 13.3. The molecule has 0 bridgehead atoms. The normalized spacial score (nSPS) is 13.1. The molecule has 0 saturated heterocycles. The zero-order valence-electron chi connectivity index (χ0n) is 25.8. The molecular weight excluding hydrogens is 597 g/mol. The minimum absolute atomic E-state index is 0.0747. The summed E-state index contributed by atoms with van der Waals surface area (Å²) in [5.74, 6) is 1.03. The zero-order chi connectivity index (χ0) is 31.5. The van der Waals surface area contributed by atoms with E-state index < -0.39 is 0 Å². The van der Waals surface area contributed by atoms with Gasteiger partial charge in [0.2, 0.25) is 0 Å².